The molecule has 14 atom stereocenters. The van der Waals surface area contributed by atoms with Gasteiger partial charge >= 0.3 is 18.0 Å². The van der Waals surface area contributed by atoms with Crippen molar-refractivity contribution in [1.29, 1.82) is 21.6 Å². The van der Waals surface area contributed by atoms with Gasteiger partial charge < -0.3 is 162 Å². The Balaban J connectivity index is 1.45. The van der Waals surface area contributed by atoms with E-state index in [1.54, 1.807) is 24.3 Å². The second-order valence-corrected chi connectivity index (χ2v) is 34.2. The molecule has 141 heavy (non-hydrogen) atoms. The molecule has 53 heteroatoms. The number of fused-ring (bicyclic) bond motifs is 1. The van der Waals surface area contributed by atoms with E-state index in [9.17, 15) is 82.8 Å². The number of carbonyl (C=O) groups is 17. The zero-order valence-electron chi connectivity index (χ0n) is 77.9. The minimum absolute atomic E-state index is 0.0164. The van der Waals surface area contributed by atoms with Crippen molar-refractivity contribution in [2.24, 2.45) is 45.9 Å². The summed E-state index contributed by atoms with van der Waals surface area (Å²) < 4.78 is 0. The van der Waals surface area contributed by atoms with Crippen molar-refractivity contribution >= 4 is 161 Å². The average molecular weight is 2010 g/mol. The highest BCUT2D eigenvalue weighted by molar-refractivity contribution is 7.80. The van der Waals surface area contributed by atoms with Crippen molar-refractivity contribution in [3.05, 3.63) is 108 Å². The first-order chi connectivity index (χ1) is 67.0. The summed E-state index contributed by atoms with van der Waals surface area (Å²) in [5, 5.41) is 116. The van der Waals surface area contributed by atoms with E-state index in [-0.39, 0.29) is 189 Å². The van der Waals surface area contributed by atoms with Gasteiger partial charge in [-0.2, -0.15) is 25.3 Å². The lowest BCUT2D eigenvalue weighted by Crippen LogP contribution is -2.61. The van der Waals surface area contributed by atoms with E-state index >= 15 is 19.2 Å². The fourth-order valence-electron chi connectivity index (χ4n) is 14.8. The van der Waals surface area contributed by atoms with Crippen LogP contribution >= 0.6 is 25.3 Å². The van der Waals surface area contributed by atoms with Crippen LogP contribution in [0.1, 0.15) is 139 Å². The number of phenols is 2. The standard InChI is InChI=1S/C88H134N30O21S2/c89-34-4-3-14-56(108-76(131)60(30-32-68(121)122)111-77(132)62(42-47-21-26-52(119)27-22-47)114-81(136)66(46-141)117-79(134)64(44-49-20-25-50-11-1-2-12-51(50)41-49)113-74(129)57(16-7-37-103-86(96)97)107-71(126)54(90)13-5-35-101-84(92)93)73(128)112-61(31-33-69(123)124)83(138)118-40-10-19-67(118)82(137)115-63(43-48-23-28-53(120)29-24-48)78(133)110-58(17-8-38-104-87(98)99)72(127)109-59(18-9-39-105-88(100)139)75(130)116-65(45-140)80(135)106-55(70(91)125)15-6-36-102-85(94)95/h1-2,11-12,20-29,41,54-67,119-120,140-141H,3-10,13-19,30-40,42-46,89-90H2,(H2,91,125)(H,106,135)(H,107,126)(H,108,131)(H,109,127)(H,110,133)(H,111,132)(H,112,128)(H,113,129)(H,114,136)(H,115,137)(H,116,130)(H,117,134)(H,121,122)(H,123,124)(H4,92,93,101)(H4,94,95,102)(H4,96,97,103)(H4,98,99,104)(H3,100,105,139)/t54-,55-,56-,57-,58-,59-,60+,61+,62-,63-,64-,65-,66-,67-/m0/s1. The number of carboxylic acids is 2. The molecule has 1 heterocycles. The Morgan fingerprint density at radius 1 is 0.362 bits per heavy atom. The van der Waals surface area contributed by atoms with Crippen LogP contribution in [-0.4, -0.2) is 292 Å². The molecule has 1 fully saturated rings. The maximum absolute atomic E-state index is 15.2. The second-order valence-electron chi connectivity index (χ2n) is 33.4. The zero-order valence-corrected chi connectivity index (χ0v) is 79.6. The molecule has 4 aromatic carbocycles. The van der Waals surface area contributed by atoms with Gasteiger partial charge in [-0.25, -0.2) is 4.79 Å². The van der Waals surface area contributed by atoms with Crippen molar-refractivity contribution in [1.82, 2.24) is 95.3 Å². The van der Waals surface area contributed by atoms with Crippen molar-refractivity contribution in [2.75, 3.05) is 57.3 Å². The van der Waals surface area contributed by atoms with Gasteiger partial charge in [-0.05, 0) is 167 Å². The van der Waals surface area contributed by atoms with Crippen molar-refractivity contribution in [3.8, 4) is 11.5 Å². The summed E-state index contributed by atoms with van der Waals surface area (Å²) in [6.07, 6.45) is -3.99. The number of hydrogen-bond acceptors (Lipinski definition) is 27. The lowest BCUT2D eigenvalue weighted by Gasteiger charge is -2.31. The number of urea groups is 1. The molecule has 0 radical (unpaired) electrons. The van der Waals surface area contributed by atoms with E-state index in [4.69, 9.17) is 67.5 Å². The maximum Gasteiger partial charge on any atom is 0.312 e. The number of guanidine groups is 4. The summed E-state index contributed by atoms with van der Waals surface area (Å²) in [6, 6.07) is 0.217. The summed E-state index contributed by atoms with van der Waals surface area (Å²) >= 11 is 8.64. The Morgan fingerprint density at radius 2 is 0.681 bits per heavy atom. The fraction of sp³-hybridized carbons (Fsp3) is 0.511. The molecular formula is C88H134N30O21S2. The molecule has 4 aromatic rings. The molecule has 0 aliphatic carbocycles. The van der Waals surface area contributed by atoms with Crippen LogP contribution in [0.5, 0.6) is 11.5 Å². The predicted molar refractivity (Wildman–Crippen MR) is 524 cm³/mol. The predicted octanol–water partition coefficient (Wildman–Crippen LogP) is -6.88. The van der Waals surface area contributed by atoms with E-state index in [1.807, 2.05) is 18.2 Å². The van der Waals surface area contributed by atoms with Crippen LogP contribution in [0.2, 0.25) is 0 Å². The number of aliphatic carboxylic acids is 2. The summed E-state index contributed by atoms with van der Waals surface area (Å²) in [5.41, 5.74) is 45.9. The number of benzene rings is 4. The SMILES string of the molecule is N=C(N)NCCC[C@H](NC(=O)[C@H](CS)NC(=O)[C@H](CCCNC(N)=O)NC(=O)[C@H](CCCNC(=N)N)NC(=O)[C@H](Cc1ccc(O)cc1)NC(=O)[C@@H]1CCCN1C(=O)[C@@H](CCC(=O)O)NC(=O)[C@H](CCCCN)NC(=O)[C@@H](CCC(=O)O)NC(=O)[C@H](Cc1ccc(O)cc1)NC(=O)[C@H](CS)NC(=O)[C@H](Cc1ccc2ccccc2c1)NC(=O)[C@H](CCCNC(=N)N)NC(=O)[C@@H](N)CCCNC(=N)N)C(N)=O. The van der Waals surface area contributed by atoms with Crippen molar-refractivity contribution in [2.45, 2.75) is 226 Å². The van der Waals surface area contributed by atoms with Gasteiger partial charge in [0.1, 0.15) is 90.0 Å². The number of rotatable bonds is 64. The summed E-state index contributed by atoms with van der Waals surface area (Å²) in [7, 11) is 0. The number of nitrogens with two attached hydrogens (primary N) is 8. The second kappa shape index (κ2) is 61.5. The number of phenolic OH excluding ortho intramolecular Hbond substituents is 2. The summed E-state index contributed by atoms with van der Waals surface area (Å²) in [6.45, 7) is 0.0492. The van der Waals surface area contributed by atoms with E-state index in [0.29, 0.717) is 17.5 Å². The minimum Gasteiger partial charge on any atom is -0.508 e. The van der Waals surface area contributed by atoms with Gasteiger partial charge in [0.15, 0.2) is 23.8 Å². The number of nitrogens with zero attached hydrogens (tertiary/aromatic N) is 1. The largest absolute Gasteiger partial charge is 0.508 e. The first-order valence-electron chi connectivity index (χ1n) is 45.7. The molecule has 1 aliphatic rings. The Bertz CT molecular complexity index is 4970. The highest BCUT2D eigenvalue weighted by Crippen LogP contribution is 2.24. The Morgan fingerprint density at radius 3 is 1.08 bits per heavy atom. The molecule has 0 unspecified atom stereocenters. The molecule has 41 N–H and O–H groups in total. The molecule has 0 saturated carbocycles. The van der Waals surface area contributed by atoms with Gasteiger partial charge in [-0.3, -0.25) is 98.3 Å². The van der Waals surface area contributed by atoms with Crippen LogP contribution < -0.4 is 136 Å². The van der Waals surface area contributed by atoms with Crippen LogP contribution in [0.4, 0.5) is 4.79 Å². The number of aromatic hydroxyl groups is 2. The van der Waals surface area contributed by atoms with Gasteiger partial charge in [0.05, 0.1) is 6.04 Å². The first-order valence-corrected chi connectivity index (χ1v) is 47.0. The van der Waals surface area contributed by atoms with Crippen LogP contribution in [0, 0.1) is 21.6 Å². The molecule has 0 bridgehead atoms. The van der Waals surface area contributed by atoms with E-state index < -0.39 is 229 Å². The first kappa shape index (κ1) is 117. The number of carboxylic acid groups (broad SMARTS) is 2. The van der Waals surface area contributed by atoms with Gasteiger partial charge in [-0.1, -0.05) is 66.7 Å². The minimum atomic E-state index is -1.89. The number of amides is 16. The number of nitrogens with one attached hydrogen (secondary N) is 21. The van der Waals surface area contributed by atoms with Crippen molar-refractivity contribution < 1.29 is 102 Å². The molecule has 1 aliphatic heterocycles. The Hall–Kier alpha value is -14.8. The van der Waals surface area contributed by atoms with Gasteiger partial charge in [0, 0.05) is 82.9 Å². The van der Waals surface area contributed by atoms with Crippen LogP contribution in [-0.2, 0) is 96.0 Å². The van der Waals surface area contributed by atoms with Crippen molar-refractivity contribution in [3.63, 3.8) is 0 Å². The Labute approximate surface area is 823 Å². The van der Waals surface area contributed by atoms with Gasteiger partial charge in [0.25, 0.3) is 0 Å². The highest BCUT2D eigenvalue weighted by atomic mass is 32.1. The van der Waals surface area contributed by atoms with Crippen LogP contribution in [0.15, 0.2) is 91.0 Å². The van der Waals surface area contributed by atoms with E-state index in [0.717, 1.165) is 15.7 Å². The number of likely N-dealkylation sites (tertiary alicyclic amines) is 1. The third kappa shape index (κ3) is 43.4. The highest BCUT2D eigenvalue weighted by Gasteiger charge is 2.42. The zero-order chi connectivity index (χ0) is 104. The van der Waals surface area contributed by atoms with E-state index in [2.05, 4.69) is 116 Å². The monoisotopic (exact) mass is 2010 g/mol. The molecule has 51 nitrogen and oxygen atoms in total. The molecule has 774 valence electrons. The Kier molecular flexibility index (Phi) is 50.9. The van der Waals surface area contributed by atoms with Crippen LogP contribution in [0.25, 0.3) is 10.8 Å². The number of thiol groups is 2. The molecule has 16 amide bonds. The summed E-state index contributed by atoms with van der Waals surface area (Å²) in [5.74, 6) is -19.9. The third-order valence-corrected chi connectivity index (χ3v) is 23.1. The quantitative estimate of drug-likeness (QED) is 0.00845. The smallest absolute Gasteiger partial charge is 0.312 e. The van der Waals surface area contributed by atoms with Crippen LogP contribution in [0.3, 0.4) is 0 Å². The number of hydrogen-bond donors (Lipinski definition) is 35. The molecule has 1 saturated heterocycles. The average Bonchev–Trinajstić information content (AvgIpc) is 1.70. The van der Waals surface area contributed by atoms with Gasteiger partial charge in [0.2, 0.25) is 82.7 Å². The third-order valence-electron chi connectivity index (χ3n) is 22.3. The number of unbranched alkanes of at least 4 members (excludes halogenated alkanes) is 1. The maximum atomic E-state index is 15.2. The molecule has 0 spiro atoms. The summed E-state index contributed by atoms with van der Waals surface area (Å²) in [4.78, 5) is 241. The number of carbonyl (C=O) groups excluding carboxylic acids is 15. The lowest BCUT2D eigenvalue weighted by molar-refractivity contribution is -0.143. The molecule has 5 rings (SSSR count). The van der Waals surface area contributed by atoms with Gasteiger partial charge in [-0.15, -0.1) is 0 Å². The van der Waals surface area contributed by atoms with E-state index in [1.165, 1.54) is 48.5 Å². The lowest BCUT2D eigenvalue weighted by atomic mass is 10.00. The number of primary amides is 2. The topological polar surface area (TPSA) is 882 Å². The normalized spacial score (nSPS) is 14.8. The molecule has 0 aromatic heterocycles. The molecular weight excluding hydrogens is 1880 g/mol. The fourth-order valence-corrected chi connectivity index (χ4v) is 15.3.